The molecule has 1 rings (SSSR count). The summed E-state index contributed by atoms with van der Waals surface area (Å²) < 4.78 is 0. The molecule has 0 spiro atoms. The Morgan fingerprint density at radius 3 is 2.69 bits per heavy atom. The number of piperazine rings is 1. The lowest BCUT2D eigenvalue weighted by atomic mass is 10.0. The van der Waals surface area contributed by atoms with Crippen molar-refractivity contribution in [2.24, 2.45) is 5.92 Å². The molecule has 0 aromatic rings. The van der Waals surface area contributed by atoms with E-state index < -0.39 is 0 Å². The Morgan fingerprint density at radius 2 is 2.06 bits per heavy atom. The maximum absolute atomic E-state index is 3.65. The number of unbranched alkanes of at least 4 members (excludes halogenated alkanes) is 1. The molecule has 2 heteroatoms. The van der Waals surface area contributed by atoms with E-state index in [1.165, 1.54) is 45.3 Å². The fourth-order valence-corrected chi connectivity index (χ4v) is 2.66. The highest BCUT2D eigenvalue weighted by molar-refractivity contribution is 4.82. The van der Waals surface area contributed by atoms with E-state index in [9.17, 15) is 0 Å². The minimum Gasteiger partial charge on any atom is -0.311 e. The zero-order valence-corrected chi connectivity index (χ0v) is 11.6. The largest absolute Gasteiger partial charge is 0.311 e. The first-order valence-corrected chi connectivity index (χ1v) is 7.11. The zero-order valence-electron chi connectivity index (χ0n) is 11.6. The van der Waals surface area contributed by atoms with Gasteiger partial charge in [0.1, 0.15) is 0 Å². The van der Waals surface area contributed by atoms with E-state index in [-0.39, 0.29) is 0 Å². The fraction of sp³-hybridized carbons (Fsp3) is 1.00. The van der Waals surface area contributed by atoms with Gasteiger partial charge in [0.25, 0.3) is 0 Å². The molecule has 2 atom stereocenters. The average molecular weight is 226 g/mol. The molecular weight excluding hydrogens is 196 g/mol. The van der Waals surface area contributed by atoms with Gasteiger partial charge in [0.15, 0.2) is 0 Å². The van der Waals surface area contributed by atoms with Crippen LogP contribution in [-0.2, 0) is 0 Å². The van der Waals surface area contributed by atoms with E-state index in [1.807, 2.05) is 0 Å². The van der Waals surface area contributed by atoms with Crippen molar-refractivity contribution in [1.82, 2.24) is 10.2 Å². The smallest absolute Gasteiger partial charge is 0.0198 e. The monoisotopic (exact) mass is 226 g/mol. The lowest BCUT2D eigenvalue weighted by Gasteiger charge is -2.38. The van der Waals surface area contributed by atoms with Gasteiger partial charge in [0.2, 0.25) is 0 Å². The van der Waals surface area contributed by atoms with Crippen molar-refractivity contribution < 1.29 is 0 Å². The van der Waals surface area contributed by atoms with Crippen LogP contribution in [-0.4, -0.2) is 36.6 Å². The van der Waals surface area contributed by atoms with Crippen molar-refractivity contribution in [2.45, 2.75) is 65.5 Å². The summed E-state index contributed by atoms with van der Waals surface area (Å²) in [5, 5.41) is 3.65. The zero-order chi connectivity index (χ0) is 12.0. The molecule has 0 saturated carbocycles. The predicted octanol–water partition coefficient (Wildman–Crippen LogP) is 2.89. The molecule has 1 heterocycles. The van der Waals surface area contributed by atoms with Gasteiger partial charge >= 0.3 is 0 Å². The second kappa shape index (κ2) is 7.29. The Bertz CT molecular complexity index is 180. The minimum absolute atomic E-state index is 0.720. The van der Waals surface area contributed by atoms with Crippen LogP contribution in [0.1, 0.15) is 53.4 Å². The highest BCUT2D eigenvalue weighted by Crippen LogP contribution is 2.14. The van der Waals surface area contributed by atoms with Crippen molar-refractivity contribution in [3.63, 3.8) is 0 Å². The van der Waals surface area contributed by atoms with Gasteiger partial charge in [-0.2, -0.15) is 0 Å². The normalized spacial score (nSPS) is 24.9. The number of nitrogens with one attached hydrogen (secondary N) is 1. The van der Waals surface area contributed by atoms with Crippen molar-refractivity contribution in [2.75, 3.05) is 19.6 Å². The van der Waals surface area contributed by atoms with Crippen LogP contribution < -0.4 is 5.32 Å². The third kappa shape index (κ3) is 4.84. The topological polar surface area (TPSA) is 15.3 Å². The minimum atomic E-state index is 0.720. The van der Waals surface area contributed by atoms with E-state index in [1.54, 1.807) is 0 Å². The first-order valence-electron chi connectivity index (χ1n) is 7.11. The second-order valence-electron chi connectivity index (χ2n) is 5.77. The van der Waals surface area contributed by atoms with Gasteiger partial charge in [-0.15, -0.1) is 0 Å². The third-order valence-electron chi connectivity index (χ3n) is 3.64. The summed E-state index contributed by atoms with van der Waals surface area (Å²) in [6.07, 6.45) is 5.38. The third-order valence-corrected chi connectivity index (χ3v) is 3.64. The molecule has 0 aromatic carbocycles. The van der Waals surface area contributed by atoms with Crippen LogP contribution in [0, 0.1) is 5.92 Å². The van der Waals surface area contributed by atoms with Gasteiger partial charge in [-0.1, -0.05) is 33.6 Å². The molecule has 96 valence electrons. The molecule has 1 aliphatic heterocycles. The van der Waals surface area contributed by atoms with Gasteiger partial charge in [-0.25, -0.2) is 0 Å². The standard InChI is InChI=1S/C14H30N2/c1-5-6-7-13(4)16-9-8-15-14(11-16)10-12(2)3/h12-15H,5-11H2,1-4H3. The molecule has 2 nitrogen and oxygen atoms in total. The van der Waals surface area contributed by atoms with Gasteiger partial charge < -0.3 is 5.32 Å². The summed E-state index contributed by atoms with van der Waals surface area (Å²) in [5.74, 6) is 0.809. The van der Waals surface area contributed by atoms with E-state index in [0.717, 1.165) is 18.0 Å². The molecule has 0 amide bonds. The average Bonchev–Trinajstić information content (AvgIpc) is 2.25. The van der Waals surface area contributed by atoms with Crippen LogP contribution in [0.15, 0.2) is 0 Å². The maximum atomic E-state index is 3.65. The molecular formula is C14H30N2. The molecule has 1 fully saturated rings. The fourth-order valence-electron chi connectivity index (χ4n) is 2.66. The first-order chi connectivity index (χ1) is 7.63. The van der Waals surface area contributed by atoms with Gasteiger partial charge in [0.05, 0.1) is 0 Å². The van der Waals surface area contributed by atoms with Crippen LogP contribution in [0.4, 0.5) is 0 Å². The number of nitrogens with zero attached hydrogens (tertiary/aromatic N) is 1. The predicted molar refractivity (Wildman–Crippen MR) is 71.8 cm³/mol. The van der Waals surface area contributed by atoms with Gasteiger partial charge in [-0.3, -0.25) is 4.90 Å². The molecule has 1 N–H and O–H groups in total. The van der Waals surface area contributed by atoms with Gasteiger partial charge in [0, 0.05) is 31.7 Å². The van der Waals surface area contributed by atoms with Crippen LogP contribution in [0.3, 0.4) is 0 Å². The molecule has 0 aliphatic carbocycles. The van der Waals surface area contributed by atoms with Crippen LogP contribution >= 0.6 is 0 Å². The molecule has 2 unspecified atom stereocenters. The number of rotatable bonds is 6. The summed E-state index contributed by atoms with van der Waals surface area (Å²) >= 11 is 0. The first kappa shape index (κ1) is 14.0. The van der Waals surface area contributed by atoms with Gasteiger partial charge in [-0.05, 0) is 25.7 Å². The van der Waals surface area contributed by atoms with E-state index in [0.29, 0.717) is 0 Å². The molecule has 0 bridgehead atoms. The van der Waals surface area contributed by atoms with E-state index >= 15 is 0 Å². The number of hydrogen-bond donors (Lipinski definition) is 1. The van der Waals surface area contributed by atoms with Crippen LogP contribution in [0.5, 0.6) is 0 Å². The van der Waals surface area contributed by atoms with Crippen LogP contribution in [0.2, 0.25) is 0 Å². The molecule has 0 radical (unpaired) electrons. The summed E-state index contributed by atoms with van der Waals surface area (Å²) in [6.45, 7) is 13.0. The van der Waals surface area contributed by atoms with Crippen molar-refractivity contribution in [3.8, 4) is 0 Å². The Morgan fingerprint density at radius 1 is 1.31 bits per heavy atom. The SMILES string of the molecule is CCCCC(C)N1CCNC(CC(C)C)C1. The quantitative estimate of drug-likeness (QED) is 0.749. The van der Waals surface area contributed by atoms with Crippen molar-refractivity contribution in [3.05, 3.63) is 0 Å². The molecule has 1 aliphatic rings. The maximum Gasteiger partial charge on any atom is 0.0198 e. The Hall–Kier alpha value is -0.0800. The lowest BCUT2D eigenvalue weighted by molar-refractivity contribution is 0.136. The number of hydrogen-bond acceptors (Lipinski definition) is 2. The highest BCUT2D eigenvalue weighted by Gasteiger charge is 2.22. The van der Waals surface area contributed by atoms with Crippen LogP contribution in [0.25, 0.3) is 0 Å². The molecule has 16 heavy (non-hydrogen) atoms. The summed E-state index contributed by atoms with van der Waals surface area (Å²) in [6, 6.07) is 1.49. The van der Waals surface area contributed by atoms with E-state index in [2.05, 4.69) is 37.9 Å². The highest BCUT2D eigenvalue weighted by atomic mass is 15.2. The summed E-state index contributed by atoms with van der Waals surface area (Å²) in [4.78, 5) is 2.68. The summed E-state index contributed by atoms with van der Waals surface area (Å²) in [7, 11) is 0. The lowest BCUT2D eigenvalue weighted by Crippen LogP contribution is -2.53. The summed E-state index contributed by atoms with van der Waals surface area (Å²) in [5.41, 5.74) is 0. The molecule has 1 saturated heterocycles. The molecule has 0 aromatic heterocycles. The second-order valence-corrected chi connectivity index (χ2v) is 5.77. The van der Waals surface area contributed by atoms with Crippen molar-refractivity contribution >= 4 is 0 Å². The Balaban J connectivity index is 2.31. The Labute approximate surface area is 102 Å². The Kier molecular flexibility index (Phi) is 6.37. The van der Waals surface area contributed by atoms with Crippen molar-refractivity contribution in [1.29, 1.82) is 0 Å². The van der Waals surface area contributed by atoms with E-state index in [4.69, 9.17) is 0 Å².